The zero-order valence-electron chi connectivity index (χ0n) is 18.8. The first-order valence-corrected chi connectivity index (χ1v) is 12.4. The van der Waals surface area contributed by atoms with Gasteiger partial charge in [0.2, 0.25) is 10.0 Å². The van der Waals surface area contributed by atoms with Crippen molar-refractivity contribution >= 4 is 37.5 Å². The molecule has 0 aliphatic heterocycles. The van der Waals surface area contributed by atoms with E-state index in [0.717, 1.165) is 23.1 Å². The molecule has 0 unspecified atom stereocenters. The van der Waals surface area contributed by atoms with Crippen molar-refractivity contribution in [1.29, 1.82) is 0 Å². The van der Waals surface area contributed by atoms with Gasteiger partial charge >= 0.3 is 0 Å². The van der Waals surface area contributed by atoms with Gasteiger partial charge in [-0.15, -0.1) is 0 Å². The lowest BCUT2D eigenvalue weighted by molar-refractivity contribution is 0.0998. The van der Waals surface area contributed by atoms with E-state index in [9.17, 15) is 13.2 Å². The molecule has 3 rings (SSSR count). The van der Waals surface area contributed by atoms with Crippen molar-refractivity contribution in [2.45, 2.75) is 24.7 Å². The van der Waals surface area contributed by atoms with E-state index >= 15 is 0 Å². The summed E-state index contributed by atoms with van der Waals surface area (Å²) >= 11 is 1.34. The Morgan fingerprint density at radius 1 is 1.16 bits per heavy atom. The molecule has 1 aromatic heterocycles. The van der Waals surface area contributed by atoms with E-state index in [1.807, 2.05) is 20.0 Å². The minimum Gasteiger partial charge on any atom is -0.497 e. The predicted molar refractivity (Wildman–Crippen MR) is 125 cm³/mol. The van der Waals surface area contributed by atoms with E-state index in [-0.39, 0.29) is 4.90 Å². The highest BCUT2D eigenvalue weighted by Crippen LogP contribution is 2.32. The number of thiazole rings is 1. The molecule has 2 aromatic carbocycles. The lowest BCUT2D eigenvalue weighted by Gasteiger charge is -2.16. The summed E-state index contributed by atoms with van der Waals surface area (Å²) in [7, 11) is 2.93. The first-order valence-electron chi connectivity index (χ1n) is 10.1. The average Bonchev–Trinajstić information content (AvgIpc) is 3.11. The predicted octanol–water partition coefficient (Wildman–Crippen LogP) is 3.42. The molecule has 0 bridgehead atoms. The Morgan fingerprint density at radius 2 is 1.84 bits per heavy atom. The molecule has 1 amide bonds. The van der Waals surface area contributed by atoms with Crippen LogP contribution in [0, 0.1) is 0 Å². The van der Waals surface area contributed by atoms with Gasteiger partial charge in [0.25, 0.3) is 5.91 Å². The second kappa shape index (κ2) is 9.85. The highest BCUT2D eigenvalue weighted by atomic mass is 32.2. The zero-order chi connectivity index (χ0) is 23.5. The summed E-state index contributed by atoms with van der Waals surface area (Å²) in [5.41, 5.74) is 1.11. The SMILES string of the molecule is CCCCN(C)S(=O)(=O)c1ccc(C(=O)N=c2sc3cc(OC)cc(OC)c3n2C)cc1. The number of fused-ring (bicyclic) bond motifs is 1. The van der Waals surface area contributed by atoms with E-state index in [0.29, 0.717) is 28.4 Å². The number of rotatable bonds is 8. The Morgan fingerprint density at radius 3 is 2.44 bits per heavy atom. The van der Waals surface area contributed by atoms with Crippen LogP contribution in [0.15, 0.2) is 46.3 Å². The maximum absolute atomic E-state index is 12.8. The number of amides is 1. The van der Waals surface area contributed by atoms with E-state index in [4.69, 9.17) is 9.47 Å². The number of sulfonamides is 1. The first-order chi connectivity index (χ1) is 15.2. The van der Waals surface area contributed by atoms with Gasteiger partial charge in [0, 0.05) is 32.3 Å². The van der Waals surface area contributed by atoms with Crippen LogP contribution in [0.1, 0.15) is 30.1 Å². The molecule has 0 atom stereocenters. The number of hydrogen-bond acceptors (Lipinski definition) is 6. The topological polar surface area (TPSA) is 90.2 Å². The van der Waals surface area contributed by atoms with Crippen LogP contribution in [0.4, 0.5) is 0 Å². The van der Waals surface area contributed by atoms with Crippen LogP contribution >= 0.6 is 11.3 Å². The molecule has 8 nitrogen and oxygen atoms in total. The Hall–Kier alpha value is -2.69. The summed E-state index contributed by atoms with van der Waals surface area (Å²) < 4.78 is 40.1. The largest absolute Gasteiger partial charge is 0.497 e. The summed E-state index contributed by atoms with van der Waals surface area (Å²) in [6.45, 7) is 2.46. The summed E-state index contributed by atoms with van der Waals surface area (Å²) in [4.78, 5) is 17.7. The zero-order valence-corrected chi connectivity index (χ0v) is 20.4. The van der Waals surface area contributed by atoms with Gasteiger partial charge in [-0.3, -0.25) is 4.79 Å². The molecule has 32 heavy (non-hydrogen) atoms. The Labute approximate surface area is 191 Å². The molecule has 0 radical (unpaired) electrons. The molecule has 0 aliphatic carbocycles. The van der Waals surface area contributed by atoms with Gasteiger partial charge < -0.3 is 14.0 Å². The van der Waals surface area contributed by atoms with Gasteiger partial charge in [-0.2, -0.15) is 4.99 Å². The Balaban J connectivity index is 1.93. The summed E-state index contributed by atoms with van der Waals surface area (Å²) in [5, 5.41) is 0. The monoisotopic (exact) mass is 477 g/mol. The number of benzene rings is 2. The lowest BCUT2D eigenvalue weighted by Crippen LogP contribution is -2.27. The van der Waals surface area contributed by atoms with Gasteiger partial charge in [-0.25, -0.2) is 12.7 Å². The molecule has 10 heteroatoms. The second-order valence-corrected chi connectivity index (χ2v) is 10.3. The molecule has 172 valence electrons. The van der Waals surface area contributed by atoms with Gasteiger partial charge in [0.15, 0.2) is 4.80 Å². The molecule has 0 fully saturated rings. The fraction of sp³-hybridized carbons (Fsp3) is 0.364. The molecular formula is C22H27N3O5S2. The average molecular weight is 478 g/mol. The molecular weight excluding hydrogens is 450 g/mol. The fourth-order valence-corrected chi connectivity index (χ4v) is 5.47. The van der Waals surface area contributed by atoms with Gasteiger partial charge in [-0.05, 0) is 36.8 Å². The molecule has 3 aromatic rings. The van der Waals surface area contributed by atoms with Gasteiger partial charge in [-0.1, -0.05) is 24.7 Å². The van der Waals surface area contributed by atoms with Crippen molar-refractivity contribution < 1.29 is 22.7 Å². The van der Waals surface area contributed by atoms with Crippen LogP contribution < -0.4 is 14.3 Å². The third kappa shape index (κ3) is 4.72. The van der Waals surface area contributed by atoms with E-state index in [1.54, 1.807) is 31.9 Å². The molecule has 0 saturated heterocycles. The third-order valence-electron chi connectivity index (χ3n) is 5.13. The van der Waals surface area contributed by atoms with Crippen LogP contribution in [0.3, 0.4) is 0 Å². The lowest BCUT2D eigenvalue weighted by atomic mass is 10.2. The molecule has 1 heterocycles. The quantitative estimate of drug-likeness (QED) is 0.496. The number of methoxy groups -OCH3 is 2. The van der Waals surface area contributed by atoms with Crippen LogP contribution in [-0.2, 0) is 17.1 Å². The van der Waals surface area contributed by atoms with Crippen LogP contribution in [0.5, 0.6) is 11.5 Å². The minimum absolute atomic E-state index is 0.150. The van der Waals surface area contributed by atoms with Crippen molar-refractivity contribution in [3.63, 3.8) is 0 Å². The van der Waals surface area contributed by atoms with Gasteiger partial charge in [0.1, 0.15) is 17.0 Å². The van der Waals surface area contributed by atoms with E-state index in [1.165, 1.54) is 39.9 Å². The van der Waals surface area contributed by atoms with Crippen molar-refractivity contribution in [2.24, 2.45) is 12.0 Å². The summed E-state index contributed by atoms with van der Waals surface area (Å²) in [6, 6.07) is 9.50. The Kier molecular flexibility index (Phi) is 7.37. The Bertz CT molecular complexity index is 1290. The molecule has 0 saturated carbocycles. The van der Waals surface area contributed by atoms with Crippen LogP contribution in [-0.4, -0.2) is 51.0 Å². The van der Waals surface area contributed by atoms with Crippen LogP contribution in [0.2, 0.25) is 0 Å². The van der Waals surface area contributed by atoms with E-state index in [2.05, 4.69) is 4.99 Å². The summed E-state index contributed by atoms with van der Waals surface area (Å²) in [6.07, 6.45) is 1.69. The minimum atomic E-state index is -3.59. The number of nitrogens with zero attached hydrogens (tertiary/aromatic N) is 3. The number of unbranched alkanes of at least 4 members (excludes halogenated alkanes) is 1. The maximum atomic E-state index is 12.8. The van der Waals surface area contributed by atoms with Crippen molar-refractivity contribution in [3.8, 4) is 11.5 Å². The highest BCUT2D eigenvalue weighted by Gasteiger charge is 2.20. The summed E-state index contributed by atoms with van der Waals surface area (Å²) in [5.74, 6) is 0.810. The smallest absolute Gasteiger partial charge is 0.279 e. The van der Waals surface area contributed by atoms with Gasteiger partial charge in [0.05, 0.1) is 23.8 Å². The molecule has 0 N–H and O–H groups in total. The van der Waals surface area contributed by atoms with Crippen LogP contribution in [0.25, 0.3) is 10.2 Å². The number of carbonyl (C=O) groups is 1. The highest BCUT2D eigenvalue weighted by molar-refractivity contribution is 7.89. The first kappa shape index (κ1) is 24.0. The maximum Gasteiger partial charge on any atom is 0.279 e. The number of carbonyl (C=O) groups excluding carboxylic acids is 1. The van der Waals surface area contributed by atoms with Crippen molar-refractivity contribution in [2.75, 3.05) is 27.8 Å². The molecule has 0 spiro atoms. The third-order valence-corrected chi connectivity index (χ3v) is 8.08. The number of aryl methyl sites for hydroxylation is 1. The van der Waals surface area contributed by atoms with Crippen molar-refractivity contribution in [3.05, 3.63) is 46.8 Å². The standard InChI is InChI=1S/C22H27N3O5S2/c1-6-7-12-24(2)32(27,28)17-10-8-15(9-11-17)21(26)23-22-25(3)20-18(30-5)13-16(29-4)14-19(20)31-22/h8-11,13-14H,6-7,12H2,1-5H3. The normalized spacial score (nSPS) is 12.5. The van der Waals surface area contributed by atoms with E-state index < -0.39 is 15.9 Å². The molecule has 0 aliphatic rings. The number of ether oxygens (including phenoxy) is 2. The van der Waals surface area contributed by atoms with Crippen molar-refractivity contribution in [1.82, 2.24) is 8.87 Å². The number of hydrogen-bond donors (Lipinski definition) is 0. The fourth-order valence-electron chi connectivity index (χ4n) is 3.20. The second-order valence-electron chi connectivity index (χ2n) is 7.24. The number of aromatic nitrogens is 1.